The van der Waals surface area contributed by atoms with E-state index in [9.17, 15) is 33.1 Å². The van der Waals surface area contributed by atoms with Gasteiger partial charge in [-0.2, -0.15) is 0 Å². The second kappa shape index (κ2) is 12.8. The van der Waals surface area contributed by atoms with Crippen molar-refractivity contribution in [2.75, 3.05) is 17.2 Å². The second-order valence-electron chi connectivity index (χ2n) is 9.12. The Morgan fingerprint density at radius 1 is 0.875 bits per heavy atom. The van der Waals surface area contributed by atoms with E-state index in [-0.39, 0.29) is 23.4 Å². The lowest BCUT2D eigenvalue weighted by Gasteiger charge is -2.18. The summed E-state index contributed by atoms with van der Waals surface area (Å²) in [6.07, 6.45) is -0.614. The van der Waals surface area contributed by atoms with Gasteiger partial charge < -0.3 is 25.8 Å². The summed E-state index contributed by atoms with van der Waals surface area (Å²) in [4.78, 5) is 49.7. The highest BCUT2D eigenvalue weighted by atomic mass is 19.2. The zero-order valence-corrected chi connectivity index (χ0v) is 22.4. The smallest absolute Gasteiger partial charge is 0.326 e. The van der Waals surface area contributed by atoms with Crippen LogP contribution in [0.2, 0.25) is 0 Å². The van der Waals surface area contributed by atoms with Gasteiger partial charge >= 0.3 is 18.0 Å². The second-order valence-corrected chi connectivity index (χ2v) is 9.12. The molecule has 3 amide bonds. The molecule has 0 unspecified atom stereocenters. The number of hydrogen-bond donors (Lipinski definition) is 4. The average molecular weight is 554 g/mol. The van der Waals surface area contributed by atoms with E-state index < -0.39 is 48.0 Å². The minimum Gasteiger partial charge on any atom is -0.480 e. The Bertz CT molecular complexity index is 1450. The van der Waals surface area contributed by atoms with Crippen LogP contribution in [0.15, 0.2) is 48.5 Å². The monoisotopic (exact) mass is 553 g/mol. The molecule has 0 aliphatic heterocycles. The fourth-order valence-corrected chi connectivity index (χ4v) is 4.17. The zero-order valence-electron chi connectivity index (χ0n) is 22.4. The Morgan fingerprint density at radius 2 is 1.50 bits per heavy atom. The van der Waals surface area contributed by atoms with E-state index in [2.05, 4.69) is 16.0 Å². The van der Waals surface area contributed by atoms with E-state index >= 15 is 0 Å². The molecule has 3 aromatic rings. The molecule has 0 aromatic heterocycles. The first-order valence-corrected chi connectivity index (χ1v) is 12.3. The van der Waals surface area contributed by atoms with E-state index in [0.29, 0.717) is 11.3 Å². The van der Waals surface area contributed by atoms with Gasteiger partial charge in [0.1, 0.15) is 6.04 Å². The molecule has 9 nitrogen and oxygen atoms in total. The molecule has 0 saturated heterocycles. The lowest BCUT2D eigenvalue weighted by molar-refractivity contribution is -0.149. The minimum absolute atomic E-state index is 0.0354. The van der Waals surface area contributed by atoms with Gasteiger partial charge in [-0.1, -0.05) is 29.8 Å². The molecule has 0 aliphatic rings. The first-order valence-electron chi connectivity index (χ1n) is 12.3. The quantitative estimate of drug-likeness (QED) is 0.265. The van der Waals surface area contributed by atoms with Gasteiger partial charge in [0.05, 0.1) is 24.3 Å². The summed E-state index contributed by atoms with van der Waals surface area (Å²) in [5.41, 5.74) is 3.63. The molecule has 0 aliphatic carbocycles. The molecule has 0 spiro atoms. The Hall–Kier alpha value is -4.80. The van der Waals surface area contributed by atoms with Gasteiger partial charge in [-0.25, -0.2) is 18.4 Å². The summed E-state index contributed by atoms with van der Waals surface area (Å²) in [6.45, 7) is 7.17. The fourth-order valence-electron chi connectivity index (χ4n) is 4.17. The van der Waals surface area contributed by atoms with Crippen LogP contribution in [0.3, 0.4) is 0 Å². The van der Waals surface area contributed by atoms with E-state index in [1.54, 1.807) is 6.92 Å². The van der Waals surface area contributed by atoms with Gasteiger partial charge in [0.15, 0.2) is 11.6 Å². The predicted molar refractivity (Wildman–Crippen MR) is 145 cm³/mol. The first kappa shape index (κ1) is 29.8. The van der Waals surface area contributed by atoms with Crippen LogP contribution < -0.4 is 16.0 Å². The summed E-state index contributed by atoms with van der Waals surface area (Å²) < 4.78 is 32.2. The van der Waals surface area contributed by atoms with Crippen molar-refractivity contribution >= 4 is 35.3 Å². The van der Waals surface area contributed by atoms with Gasteiger partial charge in [-0.15, -0.1) is 0 Å². The number of anilines is 2. The number of aryl methyl sites for hydroxylation is 3. The Kier molecular flexibility index (Phi) is 9.54. The predicted octanol–water partition coefficient (Wildman–Crippen LogP) is 5.34. The SMILES string of the molecule is CCOC(=O)C[C@H](NC(=O)c1ccc(-c2ccc(F)c(F)c2)cc1NC(=O)Nc1c(C)cc(C)cc1C)C(=O)O. The topological polar surface area (TPSA) is 134 Å². The maximum Gasteiger partial charge on any atom is 0.326 e. The first-order chi connectivity index (χ1) is 18.9. The van der Waals surface area contributed by atoms with Gasteiger partial charge in [-0.3, -0.25) is 9.59 Å². The molecule has 0 fully saturated rings. The number of carboxylic acid groups (broad SMARTS) is 1. The molecule has 4 N–H and O–H groups in total. The molecule has 3 aromatic carbocycles. The number of aliphatic carboxylic acids is 1. The van der Waals surface area contributed by atoms with Gasteiger partial charge in [-0.05, 0) is 74.2 Å². The van der Waals surface area contributed by atoms with Crippen LogP contribution in [-0.4, -0.2) is 41.6 Å². The maximum absolute atomic E-state index is 13.9. The van der Waals surface area contributed by atoms with Crippen LogP contribution in [0.1, 0.15) is 40.4 Å². The summed E-state index contributed by atoms with van der Waals surface area (Å²) in [5, 5.41) is 17.1. The maximum atomic E-state index is 13.9. The molecule has 0 saturated carbocycles. The van der Waals surface area contributed by atoms with Gasteiger partial charge in [0, 0.05) is 5.69 Å². The van der Waals surface area contributed by atoms with Crippen LogP contribution in [0.25, 0.3) is 11.1 Å². The number of rotatable bonds is 9. The summed E-state index contributed by atoms with van der Waals surface area (Å²) in [6, 6.07) is 8.82. The minimum atomic E-state index is -1.60. The Balaban J connectivity index is 1.97. The lowest BCUT2D eigenvalue weighted by atomic mass is 10.0. The van der Waals surface area contributed by atoms with Gasteiger partial charge in [0.2, 0.25) is 0 Å². The van der Waals surface area contributed by atoms with Crippen LogP contribution in [0, 0.1) is 32.4 Å². The molecule has 210 valence electrons. The highest BCUT2D eigenvalue weighted by molar-refractivity contribution is 6.08. The normalized spacial score (nSPS) is 11.3. The van der Waals surface area contributed by atoms with Crippen molar-refractivity contribution in [1.29, 1.82) is 0 Å². The van der Waals surface area contributed by atoms with Crippen molar-refractivity contribution in [2.45, 2.75) is 40.2 Å². The third kappa shape index (κ3) is 7.40. The van der Waals surface area contributed by atoms with Gasteiger partial charge in [0.25, 0.3) is 5.91 Å². The molecular weight excluding hydrogens is 524 g/mol. The number of benzene rings is 3. The Labute approximate surface area is 229 Å². The van der Waals surface area contributed by atoms with E-state index in [4.69, 9.17) is 4.74 Å². The number of nitrogens with one attached hydrogen (secondary N) is 3. The highest BCUT2D eigenvalue weighted by Gasteiger charge is 2.26. The van der Waals surface area contributed by atoms with E-state index in [1.165, 1.54) is 24.3 Å². The largest absolute Gasteiger partial charge is 0.480 e. The van der Waals surface area contributed by atoms with Crippen LogP contribution in [-0.2, 0) is 14.3 Å². The fraction of sp³-hybridized carbons (Fsp3) is 0.241. The summed E-state index contributed by atoms with van der Waals surface area (Å²) >= 11 is 0. The zero-order chi connectivity index (χ0) is 29.6. The molecule has 0 radical (unpaired) electrons. The van der Waals surface area contributed by atoms with Crippen LogP contribution in [0.4, 0.5) is 25.0 Å². The number of amides is 3. The molecular formula is C29H29F2N3O6. The van der Waals surface area contributed by atoms with Crippen molar-refractivity contribution < 1.29 is 37.8 Å². The number of carbonyl (C=O) groups excluding carboxylic acids is 3. The third-order valence-corrected chi connectivity index (χ3v) is 5.96. The van der Waals surface area contributed by atoms with Crippen molar-refractivity contribution in [3.8, 4) is 11.1 Å². The average Bonchev–Trinajstić information content (AvgIpc) is 2.87. The number of ether oxygens (including phenoxy) is 1. The number of carboxylic acids is 1. The summed E-state index contributed by atoms with van der Waals surface area (Å²) in [7, 11) is 0. The molecule has 1 atom stereocenters. The van der Waals surface area contributed by atoms with E-state index in [0.717, 1.165) is 28.8 Å². The van der Waals surface area contributed by atoms with Crippen molar-refractivity contribution in [1.82, 2.24) is 5.32 Å². The number of urea groups is 1. The Morgan fingerprint density at radius 3 is 2.10 bits per heavy atom. The molecule has 0 bridgehead atoms. The number of carbonyl (C=O) groups is 4. The van der Waals surface area contributed by atoms with Crippen molar-refractivity contribution in [3.63, 3.8) is 0 Å². The molecule has 11 heteroatoms. The van der Waals surface area contributed by atoms with Crippen molar-refractivity contribution in [3.05, 3.63) is 82.4 Å². The standard InChI is InChI=1S/C29H29F2N3O6/c1-5-40-25(35)14-24(28(37)38)32-27(36)20-8-6-19(18-7-9-21(30)22(31)12-18)13-23(20)33-29(39)34-26-16(3)10-15(2)11-17(26)4/h6-13,24H,5,14H2,1-4H3,(H,32,36)(H,37,38)(H2,33,34,39)/t24-/m0/s1. The molecule has 0 heterocycles. The van der Waals surface area contributed by atoms with Crippen LogP contribution in [0.5, 0.6) is 0 Å². The molecule has 3 rings (SSSR count). The number of esters is 1. The van der Waals surface area contributed by atoms with Crippen LogP contribution >= 0.6 is 0 Å². The molecule has 40 heavy (non-hydrogen) atoms. The third-order valence-electron chi connectivity index (χ3n) is 5.96. The van der Waals surface area contributed by atoms with Crippen molar-refractivity contribution in [2.24, 2.45) is 0 Å². The highest BCUT2D eigenvalue weighted by Crippen LogP contribution is 2.28. The number of hydrogen-bond acceptors (Lipinski definition) is 5. The number of halogens is 2. The lowest BCUT2D eigenvalue weighted by Crippen LogP contribution is -2.42. The summed E-state index contributed by atoms with van der Waals surface area (Å²) in [5.74, 6) is -5.29. The van der Waals surface area contributed by atoms with E-state index in [1.807, 2.05) is 32.9 Å².